The minimum absolute atomic E-state index is 0.00438. The second-order valence-corrected chi connectivity index (χ2v) is 32.3. The summed E-state index contributed by atoms with van der Waals surface area (Å²) < 4.78 is 14.6. The number of aromatic nitrogens is 3. The molecule has 11 heteroatoms. The zero-order valence-electron chi connectivity index (χ0n) is 52.0. The van der Waals surface area contributed by atoms with Crippen LogP contribution < -0.4 is 0 Å². The molecule has 18 atom stereocenters. The van der Waals surface area contributed by atoms with Crippen LogP contribution in [0.25, 0.3) is 11.0 Å². The minimum atomic E-state index is -0.833. The average molecular weight is 1150 g/mol. The van der Waals surface area contributed by atoms with E-state index in [-0.39, 0.29) is 41.5 Å². The number of hydrogen-bond acceptors (Lipinski definition) is 8. The van der Waals surface area contributed by atoms with Crippen molar-refractivity contribution < 1.29 is 39.5 Å². The third-order valence-corrected chi connectivity index (χ3v) is 27.9. The third-order valence-electron chi connectivity index (χ3n) is 27.9. The molecule has 11 aliphatic rings. The third kappa shape index (κ3) is 7.94. The molecule has 3 aromatic heterocycles. The van der Waals surface area contributed by atoms with Gasteiger partial charge in [0.2, 0.25) is 0 Å². The number of ether oxygens (including phenoxy) is 2. The van der Waals surface area contributed by atoms with Gasteiger partial charge < -0.3 is 44.4 Å². The number of nitrogens with one attached hydrogen (secondary N) is 2. The molecule has 2 saturated heterocycles. The minimum Gasteiger partial charge on any atom is -0.392 e. The van der Waals surface area contributed by atoms with Crippen molar-refractivity contribution >= 4 is 22.6 Å². The van der Waals surface area contributed by atoms with Gasteiger partial charge in [-0.3, -0.25) is 9.59 Å². The number of aliphatic hydroxyl groups is 4. The van der Waals surface area contributed by atoms with Gasteiger partial charge in [-0.05, 0) is 225 Å². The first-order valence-electron chi connectivity index (χ1n) is 33.8. The molecule has 15 rings (SSSR count). The van der Waals surface area contributed by atoms with E-state index in [1.807, 2.05) is 0 Å². The van der Waals surface area contributed by atoms with E-state index in [0.717, 1.165) is 107 Å². The summed E-state index contributed by atoms with van der Waals surface area (Å²) >= 11 is 0. The Morgan fingerprint density at radius 1 is 0.833 bits per heavy atom. The number of fused-ring (bicyclic) bond motifs is 8. The lowest BCUT2D eigenvalue weighted by atomic mass is 9.27. The van der Waals surface area contributed by atoms with E-state index in [1.54, 1.807) is 6.92 Å². The van der Waals surface area contributed by atoms with Crippen LogP contribution in [0, 0.1) is 62.1 Å². The maximum atomic E-state index is 16.6. The molecule has 0 amide bonds. The number of aryl methyl sites for hydroxylation is 1. The Morgan fingerprint density at radius 3 is 2.30 bits per heavy atom. The standard InChI is InChI=1S/C73H99N3O8/c1-40(77)53(78)32-41-14-15-50(31-41)71(7)56-18-23-69(5)64(72(56,8)73-24-17-45(34-73)60-51(19-25-74-60)58(73)65(71)82)63(81)52-39-76-38-49(30-42-28-47(43-12-10-9-11-13-43)33-48(29-42)44-20-26-83-27-21-44)61-62(76)46(37-75-61)16-22-68(4,35-55(80)66-67(2,3)84-66)59-54(79)36-70(69,6)57(52)59/h19,25,28-29,33,37-38,40-41,43-45,50,52-53,55-56,58,63-64,66,74-75,77-78,80-81H,9-18,20-24,26-27,30-32,34-36,39H2,1-8H3/t40-,41-,45+,50-,52+,53+,55+,56-,58-,63+,64-,66+,68-,69-,70-,71-,72+,73+/m0/s1. The molecule has 84 heavy (non-hydrogen) atoms. The molecule has 3 aliphatic heterocycles. The Hall–Kier alpha value is -3.84. The number of H-pyrrole nitrogens is 2. The number of aliphatic hydroxyl groups excluding tert-OH is 4. The smallest absolute Gasteiger partial charge is 0.160 e. The molecule has 6 saturated carbocycles. The van der Waals surface area contributed by atoms with Crippen LogP contribution in [0.1, 0.15) is 240 Å². The summed E-state index contributed by atoms with van der Waals surface area (Å²) in [4.78, 5) is 40.2. The van der Waals surface area contributed by atoms with Crippen LogP contribution in [0.2, 0.25) is 0 Å². The number of Topliss-reactive ketones (excluding diaryl/α,β-unsaturated/α-hetero) is 2. The molecule has 0 radical (unpaired) electrons. The van der Waals surface area contributed by atoms with Crippen LogP contribution in [0.5, 0.6) is 0 Å². The first-order chi connectivity index (χ1) is 40.0. The zero-order chi connectivity index (χ0) is 58.4. The molecule has 454 valence electrons. The number of carbonyl (C=O) groups is 2. The number of nitrogens with zero attached hydrogens (tertiary/aromatic N) is 1. The van der Waals surface area contributed by atoms with Gasteiger partial charge in [0.1, 0.15) is 11.9 Å². The van der Waals surface area contributed by atoms with Crippen LogP contribution in [-0.2, 0) is 38.4 Å². The number of epoxide rings is 1. The molecule has 8 aliphatic carbocycles. The molecule has 11 nitrogen and oxygen atoms in total. The number of carbonyl (C=O) groups excluding carboxylic acids is 2. The summed E-state index contributed by atoms with van der Waals surface area (Å²) in [7, 11) is 0. The van der Waals surface area contributed by atoms with Gasteiger partial charge in [0.25, 0.3) is 0 Å². The fraction of sp³-hybridized carbons (Fsp3) is 0.726. The van der Waals surface area contributed by atoms with Gasteiger partial charge in [-0.2, -0.15) is 0 Å². The van der Waals surface area contributed by atoms with Gasteiger partial charge in [0.15, 0.2) is 5.78 Å². The van der Waals surface area contributed by atoms with Crippen molar-refractivity contribution in [3.8, 4) is 0 Å². The normalized spacial score (nSPS) is 41.8. The highest BCUT2D eigenvalue weighted by Crippen LogP contribution is 2.84. The number of aromatic amines is 2. The molecular weight excluding hydrogens is 1050 g/mol. The monoisotopic (exact) mass is 1150 g/mol. The van der Waals surface area contributed by atoms with Gasteiger partial charge in [-0.25, -0.2) is 0 Å². The van der Waals surface area contributed by atoms with E-state index in [1.165, 1.54) is 76.7 Å². The predicted molar refractivity (Wildman–Crippen MR) is 326 cm³/mol. The topological polar surface area (TPSA) is 173 Å². The van der Waals surface area contributed by atoms with Crippen LogP contribution in [0.15, 0.2) is 54.0 Å². The molecule has 6 heterocycles. The van der Waals surface area contributed by atoms with Crippen molar-refractivity contribution in [1.82, 2.24) is 14.5 Å². The van der Waals surface area contributed by atoms with Gasteiger partial charge in [-0.1, -0.05) is 78.5 Å². The van der Waals surface area contributed by atoms with Crippen molar-refractivity contribution in [3.63, 3.8) is 0 Å². The van der Waals surface area contributed by atoms with Gasteiger partial charge >= 0.3 is 0 Å². The average Bonchev–Trinajstić information content (AvgIpc) is 1.14. The van der Waals surface area contributed by atoms with Crippen molar-refractivity contribution in [1.29, 1.82) is 0 Å². The summed E-state index contributed by atoms with van der Waals surface area (Å²) in [6, 6.07) is 9.84. The van der Waals surface area contributed by atoms with E-state index >= 15 is 9.59 Å². The van der Waals surface area contributed by atoms with Gasteiger partial charge in [-0.15, -0.1) is 0 Å². The van der Waals surface area contributed by atoms with E-state index in [4.69, 9.17) is 9.47 Å². The number of ketones is 2. The fourth-order valence-electron chi connectivity index (χ4n) is 23.6. The second kappa shape index (κ2) is 19.6. The first kappa shape index (κ1) is 56.7. The quantitative estimate of drug-likeness (QED) is 0.0805. The Morgan fingerprint density at radius 2 is 1.57 bits per heavy atom. The molecule has 2 bridgehead atoms. The fourth-order valence-corrected chi connectivity index (χ4v) is 23.6. The highest BCUT2D eigenvalue weighted by Gasteiger charge is 2.81. The SMILES string of the molecule is C[C@H](O)[C@H](O)C[C@H]1CC[C@H]([C@]2(C)C(=O)[C@@H]3c4cc[nH]c4[C@@H]4CC[C@]3(C4)[C@@]3(C)[C@H]4[C@H](O)[C@@H]5Cn6cc(Cc7cc(C8CCCCC8)cc(C8CCOCC8)c7)c7[nH]cc(c76)CC[C@@](C)(C[C@@H](O)[C@H]6OC6(C)C)C6=C5[C@](C)(CC6=O)[C@@]4(C)CC[C@@H]23)C1. The molecule has 8 fully saturated rings. The zero-order valence-corrected chi connectivity index (χ0v) is 52.0. The lowest BCUT2D eigenvalue weighted by molar-refractivity contribution is -0.271. The van der Waals surface area contributed by atoms with E-state index in [2.05, 4.69) is 106 Å². The molecule has 6 N–H and O–H groups in total. The molecule has 4 aromatic rings. The van der Waals surface area contributed by atoms with Crippen LogP contribution in [0.3, 0.4) is 0 Å². The van der Waals surface area contributed by atoms with Crippen molar-refractivity contribution in [2.45, 2.75) is 257 Å². The summed E-state index contributed by atoms with van der Waals surface area (Å²) in [5.74, 6) is 1.33. The Kier molecular flexibility index (Phi) is 13.2. The highest BCUT2D eigenvalue weighted by atomic mass is 16.6. The Bertz CT molecular complexity index is 3280. The van der Waals surface area contributed by atoms with Gasteiger partial charge in [0.05, 0.1) is 47.0 Å². The van der Waals surface area contributed by atoms with E-state index in [9.17, 15) is 20.4 Å². The van der Waals surface area contributed by atoms with Gasteiger partial charge in [0, 0.05) is 79.2 Å². The Balaban J connectivity index is 0.896. The first-order valence-corrected chi connectivity index (χ1v) is 33.8. The predicted octanol–water partition coefficient (Wildman–Crippen LogP) is 13.2. The van der Waals surface area contributed by atoms with Crippen molar-refractivity contribution in [2.75, 3.05) is 13.2 Å². The number of benzene rings is 1. The lowest BCUT2D eigenvalue weighted by Gasteiger charge is -2.76. The van der Waals surface area contributed by atoms with Crippen LogP contribution in [0.4, 0.5) is 0 Å². The lowest BCUT2D eigenvalue weighted by Crippen LogP contribution is -2.74. The Labute approximate surface area is 499 Å². The number of hydrogen-bond donors (Lipinski definition) is 6. The van der Waals surface area contributed by atoms with Crippen LogP contribution >= 0.6 is 0 Å². The van der Waals surface area contributed by atoms with Crippen molar-refractivity contribution in [2.24, 2.45) is 62.1 Å². The molecule has 1 spiro atoms. The van der Waals surface area contributed by atoms with E-state index < -0.39 is 68.4 Å². The summed E-state index contributed by atoms with van der Waals surface area (Å²) in [5.41, 5.74) is 9.77. The molecule has 0 unspecified atom stereocenters. The molecular formula is C73H99N3O8. The van der Waals surface area contributed by atoms with Crippen LogP contribution in [-0.4, -0.2) is 95.9 Å². The summed E-state index contributed by atoms with van der Waals surface area (Å²) in [6.45, 7) is 20.1. The highest BCUT2D eigenvalue weighted by molar-refractivity contribution is 6.02. The largest absolute Gasteiger partial charge is 0.392 e. The number of rotatable bonds is 11. The maximum Gasteiger partial charge on any atom is 0.160 e. The maximum absolute atomic E-state index is 16.6. The number of allylic oxidation sites excluding steroid dienone is 1. The summed E-state index contributed by atoms with van der Waals surface area (Å²) in [5, 5.41) is 48.7. The second-order valence-electron chi connectivity index (χ2n) is 32.3. The summed E-state index contributed by atoms with van der Waals surface area (Å²) in [6.07, 6.45) is 22.5. The van der Waals surface area contributed by atoms with E-state index in [0.29, 0.717) is 55.8 Å². The molecule has 1 aromatic carbocycles. The van der Waals surface area contributed by atoms with Crippen molar-refractivity contribution in [3.05, 3.63) is 93.1 Å².